The number of rotatable bonds is 4. The maximum Gasteiger partial charge on any atom is 0.223 e. The van der Waals surface area contributed by atoms with Gasteiger partial charge in [0, 0.05) is 22.9 Å². The summed E-state index contributed by atoms with van der Waals surface area (Å²) in [6.07, 6.45) is 8.18. The Morgan fingerprint density at radius 3 is 2.40 bits per heavy atom. The predicted molar refractivity (Wildman–Crippen MR) is 81.9 cm³/mol. The Labute approximate surface area is 125 Å². The molecular weight excluding hydrogens is 270 g/mol. The van der Waals surface area contributed by atoms with Crippen LogP contribution >= 0.6 is 11.6 Å². The molecule has 0 atom stereocenters. The lowest BCUT2D eigenvalue weighted by Gasteiger charge is -2.23. The molecule has 2 aliphatic rings. The fourth-order valence-electron chi connectivity index (χ4n) is 3.29. The van der Waals surface area contributed by atoms with Gasteiger partial charge in [0.05, 0.1) is 0 Å². The number of carbonyl (C=O) groups is 1. The highest BCUT2D eigenvalue weighted by atomic mass is 35.5. The van der Waals surface area contributed by atoms with Gasteiger partial charge in [0.15, 0.2) is 0 Å². The molecule has 0 aliphatic heterocycles. The molecular formula is C17H22ClNO. The summed E-state index contributed by atoms with van der Waals surface area (Å²) < 4.78 is 0. The highest BCUT2D eigenvalue weighted by Gasteiger charge is 2.44. The van der Waals surface area contributed by atoms with Gasteiger partial charge >= 0.3 is 0 Å². The van der Waals surface area contributed by atoms with Crippen LogP contribution in [0, 0.1) is 5.92 Å². The largest absolute Gasteiger partial charge is 0.355 e. The number of amides is 1. The summed E-state index contributed by atoms with van der Waals surface area (Å²) in [6.45, 7) is 0.782. The van der Waals surface area contributed by atoms with E-state index in [1.54, 1.807) is 0 Å². The summed E-state index contributed by atoms with van der Waals surface area (Å²) in [4.78, 5) is 12.2. The van der Waals surface area contributed by atoms with E-state index in [0.29, 0.717) is 0 Å². The van der Waals surface area contributed by atoms with Crippen molar-refractivity contribution in [1.29, 1.82) is 0 Å². The molecule has 0 unspecified atom stereocenters. The Balaban J connectivity index is 1.57. The van der Waals surface area contributed by atoms with Crippen molar-refractivity contribution in [3.05, 3.63) is 34.9 Å². The fraction of sp³-hybridized carbons (Fsp3) is 0.588. The van der Waals surface area contributed by atoms with E-state index in [0.717, 1.165) is 24.4 Å². The summed E-state index contributed by atoms with van der Waals surface area (Å²) in [7, 11) is 0. The molecule has 3 heteroatoms. The van der Waals surface area contributed by atoms with Crippen LogP contribution in [0.15, 0.2) is 24.3 Å². The Hall–Kier alpha value is -1.02. The van der Waals surface area contributed by atoms with Crippen LogP contribution in [0.3, 0.4) is 0 Å². The smallest absolute Gasteiger partial charge is 0.223 e. The minimum Gasteiger partial charge on any atom is -0.355 e. The number of halogens is 1. The topological polar surface area (TPSA) is 29.1 Å². The Morgan fingerprint density at radius 1 is 1.15 bits per heavy atom. The Kier molecular flexibility index (Phi) is 4.02. The minimum atomic E-state index is 0.176. The molecule has 1 aromatic rings. The maximum absolute atomic E-state index is 12.2. The summed E-state index contributed by atoms with van der Waals surface area (Å²) in [5.74, 6) is 0.523. The van der Waals surface area contributed by atoms with Crippen LogP contribution in [0.1, 0.15) is 50.5 Å². The van der Waals surface area contributed by atoms with E-state index in [-0.39, 0.29) is 17.2 Å². The number of hydrogen-bond acceptors (Lipinski definition) is 1. The van der Waals surface area contributed by atoms with E-state index in [2.05, 4.69) is 17.4 Å². The monoisotopic (exact) mass is 291 g/mol. The molecule has 20 heavy (non-hydrogen) atoms. The van der Waals surface area contributed by atoms with Crippen LogP contribution in [0.5, 0.6) is 0 Å². The molecule has 0 saturated heterocycles. The average molecular weight is 292 g/mol. The fourth-order valence-corrected chi connectivity index (χ4v) is 3.41. The maximum atomic E-state index is 12.2. The first-order chi connectivity index (χ1) is 9.70. The summed E-state index contributed by atoms with van der Waals surface area (Å²) >= 11 is 5.94. The third kappa shape index (κ3) is 3.01. The zero-order valence-electron chi connectivity index (χ0n) is 11.8. The van der Waals surface area contributed by atoms with Gasteiger partial charge in [0.2, 0.25) is 5.91 Å². The summed E-state index contributed by atoms with van der Waals surface area (Å²) in [6, 6.07) is 8.09. The van der Waals surface area contributed by atoms with E-state index < -0.39 is 0 Å². The van der Waals surface area contributed by atoms with Crippen LogP contribution in [0.4, 0.5) is 0 Å². The lowest BCUT2D eigenvalue weighted by Crippen LogP contribution is -2.37. The molecule has 2 aliphatic carbocycles. The minimum absolute atomic E-state index is 0.176. The van der Waals surface area contributed by atoms with Crippen LogP contribution in [-0.4, -0.2) is 12.5 Å². The standard InChI is InChI=1S/C17H22ClNO/c18-15-8-6-14(7-9-15)17(10-11-17)12-19-16(20)13-4-2-1-3-5-13/h6-9,13H,1-5,10-12H2,(H,19,20). The Bertz CT molecular complexity index is 472. The molecule has 2 saturated carbocycles. The highest BCUT2D eigenvalue weighted by Crippen LogP contribution is 2.47. The molecule has 2 nitrogen and oxygen atoms in total. The van der Waals surface area contributed by atoms with Gasteiger partial charge in [-0.1, -0.05) is 43.0 Å². The Morgan fingerprint density at radius 2 is 1.80 bits per heavy atom. The molecule has 108 valence electrons. The van der Waals surface area contributed by atoms with Gasteiger partial charge < -0.3 is 5.32 Å². The number of carbonyl (C=O) groups excluding carboxylic acids is 1. The molecule has 1 N–H and O–H groups in total. The van der Waals surface area contributed by atoms with Crippen molar-refractivity contribution in [2.75, 3.05) is 6.54 Å². The molecule has 0 bridgehead atoms. The van der Waals surface area contributed by atoms with Crippen LogP contribution in [0.25, 0.3) is 0 Å². The van der Waals surface area contributed by atoms with E-state index in [4.69, 9.17) is 11.6 Å². The second kappa shape index (κ2) is 5.77. The number of nitrogens with one attached hydrogen (secondary N) is 1. The highest BCUT2D eigenvalue weighted by molar-refractivity contribution is 6.30. The normalized spacial score (nSPS) is 21.4. The molecule has 0 aromatic heterocycles. The van der Waals surface area contributed by atoms with Crippen molar-refractivity contribution in [3.8, 4) is 0 Å². The number of hydrogen-bond donors (Lipinski definition) is 1. The summed E-state index contributed by atoms with van der Waals surface area (Å²) in [5.41, 5.74) is 1.49. The third-order valence-corrected chi connectivity index (χ3v) is 5.14. The van der Waals surface area contributed by atoms with Crippen LogP contribution in [-0.2, 0) is 10.2 Å². The van der Waals surface area contributed by atoms with Crippen LogP contribution < -0.4 is 5.32 Å². The van der Waals surface area contributed by atoms with E-state index in [1.165, 1.54) is 37.7 Å². The molecule has 2 fully saturated rings. The van der Waals surface area contributed by atoms with Crippen molar-refractivity contribution in [2.45, 2.75) is 50.4 Å². The average Bonchev–Trinajstić information content (AvgIpc) is 3.27. The SMILES string of the molecule is O=C(NCC1(c2ccc(Cl)cc2)CC1)C1CCCCC1. The van der Waals surface area contributed by atoms with Crippen molar-refractivity contribution >= 4 is 17.5 Å². The molecule has 0 heterocycles. The zero-order valence-corrected chi connectivity index (χ0v) is 12.6. The third-order valence-electron chi connectivity index (χ3n) is 4.89. The van der Waals surface area contributed by atoms with Crippen molar-refractivity contribution in [2.24, 2.45) is 5.92 Å². The van der Waals surface area contributed by atoms with Gasteiger partial charge in [0.25, 0.3) is 0 Å². The van der Waals surface area contributed by atoms with Gasteiger partial charge in [-0.3, -0.25) is 4.79 Å². The molecule has 1 amide bonds. The molecule has 1 aromatic carbocycles. The zero-order chi connectivity index (χ0) is 14.0. The van der Waals surface area contributed by atoms with Gasteiger partial charge in [-0.15, -0.1) is 0 Å². The molecule has 3 rings (SSSR count). The first kappa shape index (κ1) is 13.9. The molecule has 0 radical (unpaired) electrons. The first-order valence-electron chi connectivity index (χ1n) is 7.73. The van der Waals surface area contributed by atoms with Gasteiger partial charge in [-0.2, -0.15) is 0 Å². The van der Waals surface area contributed by atoms with Gasteiger partial charge in [0.1, 0.15) is 0 Å². The second-order valence-corrected chi connectivity index (χ2v) is 6.78. The second-order valence-electron chi connectivity index (χ2n) is 6.34. The van der Waals surface area contributed by atoms with Gasteiger partial charge in [-0.25, -0.2) is 0 Å². The number of benzene rings is 1. The van der Waals surface area contributed by atoms with Crippen LogP contribution in [0.2, 0.25) is 5.02 Å². The quantitative estimate of drug-likeness (QED) is 0.890. The van der Waals surface area contributed by atoms with Crippen molar-refractivity contribution in [3.63, 3.8) is 0 Å². The molecule has 0 spiro atoms. The van der Waals surface area contributed by atoms with Crippen molar-refractivity contribution in [1.82, 2.24) is 5.32 Å². The lowest BCUT2D eigenvalue weighted by atomic mass is 9.88. The lowest BCUT2D eigenvalue weighted by molar-refractivity contribution is -0.126. The first-order valence-corrected chi connectivity index (χ1v) is 8.11. The van der Waals surface area contributed by atoms with E-state index in [9.17, 15) is 4.79 Å². The van der Waals surface area contributed by atoms with Gasteiger partial charge in [-0.05, 0) is 43.4 Å². The predicted octanol–water partition coefficient (Wildman–Crippen LogP) is 4.07. The van der Waals surface area contributed by atoms with Crippen molar-refractivity contribution < 1.29 is 4.79 Å². The summed E-state index contributed by atoms with van der Waals surface area (Å²) in [5, 5.41) is 3.97. The van der Waals surface area contributed by atoms with E-state index in [1.807, 2.05) is 12.1 Å². The van der Waals surface area contributed by atoms with E-state index >= 15 is 0 Å².